The number of amidine groups is 1. The Balaban J connectivity index is 1.63. The van der Waals surface area contributed by atoms with Crippen LogP contribution in [-0.4, -0.2) is 25.0 Å². The second kappa shape index (κ2) is 9.18. The smallest absolute Gasteiger partial charge is 0.113 e. The Morgan fingerprint density at radius 2 is 1.96 bits per heavy atom. The summed E-state index contributed by atoms with van der Waals surface area (Å²) in [5.41, 5.74) is 2.05. The number of benzene rings is 2. The third-order valence-electron chi connectivity index (χ3n) is 3.27. The molecule has 4 nitrogen and oxygen atoms in total. The number of nitrogens with one attached hydrogen (secondary N) is 3. The van der Waals surface area contributed by atoms with Gasteiger partial charge in [-0.3, -0.25) is 5.41 Å². The summed E-state index contributed by atoms with van der Waals surface area (Å²) in [6.45, 7) is 3.55. The molecule has 3 N–H and O–H groups in total. The van der Waals surface area contributed by atoms with Crippen LogP contribution in [-0.2, 0) is 11.3 Å². The minimum absolute atomic E-state index is 0.00561. The molecular formula is C18H22ClN3O. The topological polar surface area (TPSA) is 57.1 Å². The van der Waals surface area contributed by atoms with Gasteiger partial charge in [0.2, 0.25) is 0 Å². The van der Waals surface area contributed by atoms with Crippen LogP contribution in [0.25, 0.3) is 0 Å². The lowest BCUT2D eigenvalue weighted by atomic mass is 10.2. The molecule has 0 aromatic heterocycles. The van der Waals surface area contributed by atoms with Gasteiger partial charge in [0, 0.05) is 17.3 Å². The molecule has 0 saturated carbocycles. The van der Waals surface area contributed by atoms with E-state index in [0.29, 0.717) is 30.6 Å². The predicted molar refractivity (Wildman–Crippen MR) is 96.4 cm³/mol. The number of rotatable bonds is 8. The number of hydrogen-bond acceptors (Lipinski definition) is 3. The van der Waals surface area contributed by atoms with Gasteiger partial charge >= 0.3 is 0 Å². The molecule has 1 atom stereocenters. The molecule has 0 bridgehead atoms. The van der Waals surface area contributed by atoms with Crippen LogP contribution in [0.5, 0.6) is 0 Å². The monoisotopic (exact) mass is 331 g/mol. The summed E-state index contributed by atoms with van der Waals surface area (Å²) in [6, 6.07) is 17.5. The molecular weight excluding hydrogens is 310 g/mol. The zero-order valence-corrected chi connectivity index (χ0v) is 13.9. The number of para-hydroxylation sites is 1. The van der Waals surface area contributed by atoms with Gasteiger partial charge in [0.25, 0.3) is 0 Å². The van der Waals surface area contributed by atoms with E-state index in [2.05, 4.69) is 10.6 Å². The van der Waals surface area contributed by atoms with Gasteiger partial charge in [-0.2, -0.15) is 0 Å². The Morgan fingerprint density at radius 3 is 2.70 bits per heavy atom. The zero-order chi connectivity index (χ0) is 16.5. The van der Waals surface area contributed by atoms with Crippen LogP contribution in [0, 0.1) is 5.41 Å². The van der Waals surface area contributed by atoms with E-state index >= 15 is 0 Å². The van der Waals surface area contributed by atoms with E-state index in [9.17, 15) is 0 Å². The fourth-order valence-corrected chi connectivity index (χ4v) is 2.21. The van der Waals surface area contributed by atoms with Crippen molar-refractivity contribution >= 4 is 23.1 Å². The van der Waals surface area contributed by atoms with Crippen molar-refractivity contribution in [3.63, 3.8) is 0 Å². The van der Waals surface area contributed by atoms with Gasteiger partial charge in [0.05, 0.1) is 19.3 Å². The Labute approximate surface area is 142 Å². The highest BCUT2D eigenvalue weighted by atomic mass is 35.5. The molecule has 23 heavy (non-hydrogen) atoms. The van der Waals surface area contributed by atoms with E-state index in [1.54, 1.807) is 0 Å². The second-order valence-corrected chi connectivity index (χ2v) is 5.77. The zero-order valence-electron chi connectivity index (χ0n) is 13.2. The highest BCUT2D eigenvalue weighted by Gasteiger charge is 2.04. The lowest BCUT2D eigenvalue weighted by molar-refractivity contribution is 0.0561. The van der Waals surface area contributed by atoms with E-state index < -0.39 is 0 Å². The molecule has 5 heteroatoms. The third kappa shape index (κ3) is 6.72. The Morgan fingerprint density at radius 1 is 1.17 bits per heavy atom. The normalized spacial score (nSPS) is 11.7. The van der Waals surface area contributed by atoms with Gasteiger partial charge in [0.15, 0.2) is 0 Å². The van der Waals surface area contributed by atoms with Gasteiger partial charge in [-0.25, -0.2) is 0 Å². The van der Waals surface area contributed by atoms with Crippen LogP contribution < -0.4 is 10.6 Å². The van der Waals surface area contributed by atoms with Crippen molar-refractivity contribution in [1.29, 1.82) is 5.41 Å². The number of halogens is 1. The van der Waals surface area contributed by atoms with Crippen LogP contribution in [0.2, 0.25) is 5.02 Å². The molecule has 2 rings (SSSR count). The van der Waals surface area contributed by atoms with Gasteiger partial charge in [-0.15, -0.1) is 0 Å². The van der Waals surface area contributed by atoms with Crippen molar-refractivity contribution in [2.75, 3.05) is 18.4 Å². The molecule has 0 spiro atoms. The van der Waals surface area contributed by atoms with E-state index in [1.807, 2.05) is 61.5 Å². The van der Waals surface area contributed by atoms with E-state index in [-0.39, 0.29) is 6.10 Å². The van der Waals surface area contributed by atoms with Crippen LogP contribution in [0.1, 0.15) is 12.5 Å². The lowest BCUT2D eigenvalue weighted by Gasteiger charge is -2.16. The number of ether oxygens (including phenoxy) is 1. The van der Waals surface area contributed by atoms with Crippen molar-refractivity contribution in [3.05, 3.63) is 65.2 Å². The fraction of sp³-hybridized carbons (Fsp3) is 0.278. The van der Waals surface area contributed by atoms with Crippen molar-refractivity contribution in [3.8, 4) is 0 Å². The SMILES string of the molecule is CC(CNC(=N)CNc1ccccc1)OCc1cccc(Cl)c1. The van der Waals surface area contributed by atoms with Crippen LogP contribution >= 0.6 is 11.6 Å². The van der Waals surface area contributed by atoms with E-state index in [4.69, 9.17) is 21.7 Å². The second-order valence-electron chi connectivity index (χ2n) is 5.33. The molecule has 1 unspecified atom stereocenters. The molecule has 0 aliphatic rings. The summed E-state index contributed by atoms with van der Waals surface area (Å²) < 4.78 is 5.76. The first-order valence-corrected chi connectivity index (χ1v) is 7.97. The van der Waals surface area contributed by atoms with Crippen molar-refractivity contribution < 1.29 is 4.74 Å². The summed E-state index contributed by atoms with van der Waals surface area (Å²) in [6.07, 6.45) is 0.00561. The summed E-state index contributed by atoms with van der Waals surface area (Å²) in [5, 5.41) is 14.9. The highest BCUT2D eigenvalue weighted by Crippen LogP contribution is 2.12. The minimum atomic E-state index is 0.00561. The lowest BCUT2D eigenvalue weighted by Crippen LogP contribution is -2.35. The first-order valence-electron chi connectivity index (χ1n) is 7.60. The predicted octanol–water partition coefficient (Wildman–Crippen LogP) is 3.92. The molecule has 2 aromatic rings. The summed E-state index contributed by atoms with van der Waals surface area (Å²) in [7, 11) is 0. The standard InChI is InChI=1S/C18H22ClN3O/c1-14(23-13-15-6-5-7-16(19)10-15)11-22-18(20)12-21-17-8-3-2-4-9-17/h2-10,14,21H,11-13H2,1H3,(H2,20,22). The molecule has 2 aromatic carbocycles. The van der Waals surface area contributed by atoms with E-state index in [1.165, 1.54) is 0 Å². The molecule has 122 valence electrons. The average molecular weight is 332 g/mol. The maximum Gasteiger partial charge on any atom is 0.113 e. The van der Waals surface area contributed by atoms with Crippen molar-refractivity contribution in [2.45, 2.75) is 19.6 Å². The fourth-order valence-electron chi connectivity index (χ4n) is 2.00. The van der Waals surface area contributed by atoms with E-state index in [0.717, 1.165) is 11.3 Å². The van der Waals surface area contributed by atoms with Gasteiger partial charge < -0.3 is 15.4 Å². The first kappa shape index (κ1) is 17.3. The van der Waals surface area contributed by atoms with Crippen molar-refractivity contribution in [1.82, 2.24) is 5.32 Å². The maximum absolute atomic E-state index is 7.91. The van der Waals surface area contributed by atoms with Crippen LogP contribution in [0.4, 0.5) is 5.69 Å². The molecule has 0 amide bonds. The molecule has 0 heterocycles. The average Bonchev–Trinajstić information content (AvgIpc) is 2.57. The molecule has 0 radical (unpaired) electrons. The highest BCUT2D eigenvalue weighted by molar-refractivity contribution is 6.30. The maximum atomic E-state index is 7.91. The van der Waals surface area contributed by atoms with Gasteiger partial charge in [-0.05, 0) is 36.8 Å². The molecule has 0 aliphatic carbocycles. The summed E-state index contributed by atoms with van der Waals surface area (Å²) >= 11 is 5.95. The number of anilines is 1. The van der Waals surface area contributed by atoms with Crippen LogP contribution in [0.3, 0.4) is 0 Å². The largest absolute Gasteiger partial charge is 0.378 e. The Hall–Kier alpha value is -2.04. The van der Waals surface area contributed by atoms with Crippen LogP contribution in [0.15, 0.2) is 54.6 Å². The quantitative estimate of drug-likeness (QED) is 0.507. The third-order valence-corrected chi connectivity index (χ3v) is 3.50. The molecule has 0 fully saturated rings. The summed E-state index contributed by atoms with van der Waals surface area (Å²) in [5.74, 6) is 0.437. The Kier molecular flexibility index (Phi) is 6.91. The molecule has 0 aliphatic heterocycles. The minimum Gasteiger partial charge on any atom is -0.378 e. The molecule has 0 saturated heterocycles. The summed E-state index contributed by atoms with van der Waals surface area (Å²) in [4.78, 5) is 0. The number of hydrogen-bond donors (Lipinski definition) is 3. The first-order chi connectivity index (χ1) is 11.1. The van der Waals surface area contributed by atoms with Gasteiger partial charge in [-0.1, -0.05) is 41.9 Å². The van der Waals surface area contributed by atoms with Gasteiger partial charge in [0.1, 0.15) is 5.84 Å². The Bertz CT molecular complexity index is 619. The van der Waals surface area contributed by atoms with Crippen molar-refractivity contribution in [2.24, 2.45) is 0 Å².